The van der Waals surface area contributed by atoms with Crippen molar-refractivity contribution in [2.75, 3.05) is 18.5 Å². The molecule has 15 heavy (non-hydrogen) atoms. The molecule has 0 unspecified atom stereocenters. The highest BCUT2D eigenvalue weighted by Gasteiger charge is 2.03. The second-order valence-corrected chi connectivity index (χ2v) is 3.60. The van der Waals surface area contributed by atoms with Gasteiger partial charge in [0.25, 0.3) is 0 Å². The zero-order chi connectivity index (χ0) is 11.1. The van der Waals surface area contributed by atoms with Crippen molar-refractivity contribution in [3.63, 3.8) is 0 Å². The molecule has 0 aliphatic carbocycles. The van der Waals surface area contributed by atoms with E-state index in [1.807, 2.05) is 12.1 Å². The van der Waals surface area contributed by atoms with Crippen LogP contribution in [0.1, 0.15) is 13.3 Å². The van der Waals surface area contributed by atoms with E-state index in [0.29, 0.717) is 24.0 Å². The third-order valence-corrected chi connectivity index (χ3v) is 1.81. The van der Waals surface area contributed by atoms with Crippen LogP contribution in [0.25, 0.3) is 0 Å². The van der Waals surface area contributed by atoms with E-state index in [4.69, 9.17) is 16.3 Å². The number of rotatable bonds is 6. The monoisotopic (exact) mass is 226 g/mol. The van der Waals surface area contributed by atoms with Gasteiger partial charge < -0.3 is 10.1 Å². The minimum atomic E-state index is 0.487. The summed E-state index contributed by atoms with van der Waals surface area (Å²) >= 11 is 5.66. The second-order valence-electron chi connectivity index (χ2n) is 3.07. The molecule has 1 aromatic heterocycles. The summed E-state index contributed by atoms with van der Waals surface area (Å²) in [6.07, 6.45) is 2.68. The number of aromatic nitrogens is 1. The number of anilines is 1. The Morgan fingerprint density at radius 2 is 2.47 bits per heavy atom. The third-order valence-electron chi connectivity index (χ3n) is 1.68. The largest absolute Gasteiger partial charge is 0.490 e. The summed E-state index contributed by atoms with van der Waals surface area (Å²) < 4.78 is 5.52. The van der Waals surface area contributed by atoms with Crippen LogP contribution in [0.3, 0.4) is 0 Å². The van der Waals surface area contributed by atoms with Gasteiger partial charge in [0, 0.05) is 11.2 Å². The Hall–Kier alpha value is -1.22. The van der Waals surface area contributed by atoms with Crippen LogP contribution < -0.4 is 10.1 Å². The maximum Gasteiger partial charge on any atom is 0.169 e. The smallest absolute Gasteiger partial charge is 0.169 e. The van der Waals surface area contributed by atoms with E-state index in [-0.39, 0.29) is 0 Å². The Labute approximate surface area is 95.1 Å². The summed E-state index contributed by atoms with van der Waals surface area (Å²) in [5.74, 6) is 1.45. The molecular weight excluding hydrogens is 212 g/mol. The van der Waals surface area contributed by atoms with Gasteiger partial charge in [-0.1, -0.05) is 25.1 Å². The fourth-order valence-electron chi connectivity index (χ4n) is 1.03. The minimum Gasteiger partial charge on any atom is -0.490 e. The number of nitrogens with one attached hydrogen (secondary N) is 1. The molecule has 1 rings (SSSR count). The molecule has 0 atom stereocenters. The molecular formula is C11H15ClN2O. The quantitative estimate of drug-likeness (QED) is 0.810. The zero-order valence-electron chi connectivity index (χ0n) is 8.79. The Morgan fingerprint density at radius 1 is 1.67 bits per heavy atom. The number of hydrogen-bond donors (Lipinski definition) is 1. The molecule has 0 aliphatic rings. The van der Waals surface area contributed by atoms with Crippen LogP contribution in [-0.4, -0.2) is 18.1 Å². The number of nitrogens with zero attached hydrogens (tertiary/aromatic N) is 1. The van der Waals surface area contributed by atoms with Crippen molar-refractivity contribution in [1.29, 1.82) is 0 Å². The van der Waals surface area contributed by atoms with E-state index < -0.39 is 0 Å². The Kier molecular flexibility index (Phi) is 4.98. The van der Waals surface area contributed by atoms with Gasteiger partial charge in [0.15, 0.2) is 11.6 Å². The van der Waals surface area contributed by atoms with Crippen LogP contribution in [0, 0.1) is 0 Å². The summed E-state index contributed by atoms with van der Waals surface area (Å²) in [7, 11) is 0. The van der Waals surface area contributed by atoms with Crippen molar-refractivity contribution in [3.05, 3.63) is 29.9 Å². The Balaban J connectivity index is 2.63. The van der Waals surface area contributed by atoms with Gasteiger partial charge in [-0.15, -0.1) is 0 Å². The molecule has 0 saturated heterocycles. The predicted octanol–water partition coefficient (Wildman–Crippen LogP) is 3.03. The van der Waals surface area contributed by atoms with Gasteiger partial charge in [-0.25, -0.2) is 4.98 Å². The topological polar surface area (TPSA) is 34.2 Å². The van der Waals surface area contributed by atoms with Gasteiger partial charge in [0.2, 0.25) is 0 Å². The fraction of sp³-hybridized carbons (Fsp3) is 0.364. The van der Waals surface area contributed by atoms with Crippen LogP contribution in [0.5, 0.6) is 5.75 Å². The van der Waals surface area contributed by atoms with Crippen molar-refractivity contribution in [2.24, 2.45) is 0 Å². The van der Waals surface area contributed by atoms with E-state index in [9.17, 15) is 0 Å². The molecule has 1 aromatic rings. The van der Waals surface area contributed by atoms with Gasteiger partial charge >= 0.3 is 0 Å². The molecule has 0 aromatic carbocycles. The van der Waals surface area contributed by atoms with Gasteiger partial charge in [0.05, 0.1) is 13.2 Å². The first-order valence-electron chi connectivity index (χ1n) is 4.89. The van der Waals surface area contributed by atoms with E-state index in [0.717, 1.165) is 12.2 Å². The van der Waals surface area contributed by atoms with Gasteiger partial charge in [0.1, 0.15) is 0 Å². The van der Waals surface area contributed by atoms with Crippen LogP contribution in [0.2, 0.25) is 0 Å². The maximum absolute atomic E-state index is 5.66. The van der Waals surface area contributed by atoms with Crippen molar-refractivity contribution in [3.8, 4) is 5.75 Å². The summed E-state index contributed by atoms with van der Waals surface area (Å²) in [6, 6.07) is 3.72. The molecule has 1 N–H and O–H groups in total. The first-order chi connectivity index (χ1) is 7.24. The molecule has 3 nitrogen and oxygen atoms in total. The lowest BCUT2D eigenvalue weighted by atomic mass is 10.4. The lowest BCUT2D eigenvalue weighted by Gasteiger charge is -2.10. The normalized spacial score (nSPS) is 9.73. The molecule has 0 spiro atoms. The molecule has 4 heteroatoms. The molecule has 1 heterocycles. The second kappa shape index (κ2) is 6.30. The van der Waals surface area contributed by atoms with Crippen molar-refractivity contribution >= 4 is 17.4 Å². The number of halogens is 1. The number of ether oxygens (including phenoxy) is 1. The molecule has 0 bridgehead atoms. The molecule has 0 saturated carbocycles. The fourth-order valence-corrected chi connectivity index (χ4v) is 1.10. The lowest BCUT2D eigenvalue weighted by molar-refractivity contribution is 0.318. The van der Waals surface area contributed by atoms with E-state index in [2.05, 4.69) is 23.8 Å². The summed E-state index contributed by atoms with van der Waals surface area (Å²) in [5.41, 5.74) is 0. The standard InChI is InChI=1S/C11H15ClN2O/c1-3-7-15-10-5-4-6-13-11(10)14-8-9(2)12/h4-6H,2-3,7-8H2,1H3,(H,13,14). The summed E-state index contributed by atoms with van der Waals surface area (Å²) in [5, 5.41) is 3.60. The number of pyridine rings is 1. The van der Waals surface area contributed by atoms with E-state index in [1.165, 1.54) is 0 Å². The van der Waals surface area contributed by atoms with Crippen LogP contribution >= 0.6 is 11.6 Å². The Morgan fingerprint density at radius 3 is 3.13 bits per heavy atom. The van der Waals surface area contributed by atoms with Gasteiger partial charge in [-0.05, 0) is 18.6 Å². The predicted molar refractivity (Wildman–Crippen MR) is 63.5 cm³/mol. The van der Waals surface area contributed by atoms with Gasteiger partial charge in [-0.3, -0.25) is 0 Å². The first kappa shape index (κ1) is 11.9. The van der Waals surface area contributed by atoms with Crippen LogP contribution in [0.15, 0.2) is 29.9 Å². The van der Waals surface area contributed by atoms with Crippen molar-refractivity contribution < 1.29 is 4.74 Å². The first-order valence-corrected chi connectivity index (χ1v) is 5.26. The third kappa shape index (κ3) is 4.21. The van der Waals surface area contributed by atoms with Crippen molar-refractivity contribution in [2.45, 2.75) is 13.3 Å². The SMILES string of the molecule is C=C(Cl)CNc1ncccc1OCCC. The van der Waals surface area contributed by atoms with E-state index in [1.54, 1.807) is 6.20 Å². The molecule has 0 radical (unpaired) electrons. The highest BCUT2D eigenvalue weighted by Crippen LogP contribution is 2.21. The van der Waals surface area contributed by atoms with Gasteiger partial charge in [-0.2, -0.15) is 0 Å². The van der Waals surface area contributed by atoms with Crippen molar-refractivity contribution in [1.82, 2.24) is 4.98 Å². The zero-order valence-corrected chi connectivity index (χ0v) is 9.55. The molecule has 0 amide bonds. The minimum absolute atomic E-state index is 0.487. The lowest BCUT2D eigenvalue weighted by Crippen LogP contribution is -2.06. The molecule has 0 aliphatic heterocycles. The van der Waals surface area contributed by atoms with Crippen LogP contribution in [-0.2, 0) is 0 Å². The summed E-state index contributed by atoms with van der Waals surface area (Å²) in [6.45, 7) is 6.83. The highest BCUT2D eigenvalue weighted by molar-refractivity contribution is 6.29. The number of hydrogen-bond acceptors (Lipinski definition) is 3. The maximum atomic E-state index is 5.66. The molecule has 0 fully saturated rings. The summed E-state index contributed by atoms with van der Waals surface area (Å²) in [4.78, 5) is 4.17. The average Bonchev–Trinajstić information content (AvgIpc) is 2.24. The Bertz CT molecular complexity index is 328. The average molecular weight is 227 g/mol. The van der Waals surface area contributed by atoms with E-state index >= 15 is 0 Å². The highest BCUT2D eigenvalue weighted by atomic mass is 35.5. The molecule has 82 valence electrons. The van der Waals surface area contributed by atoms with Crippen LogP contribution in [0.4, 0.5) is 5.82 Å².